The van der Waals surface area contributed by atoms with E-state index >= 15 is 0 Å². The molecule has 4 nitrogen and oxygen atoms in total. The number of hydrogen-bond acceptors (Lipinski definition) is 3. The predicted octanol–water partition coefficient (Wildman–Crippen LogP) is 4.12. The zero-order valence-corrected chi connectivity index (χ0v) is 14.6. The number of para-hydroxylation sites is 1. The first-order valence-electron chi connectivity index (χ1n) is 8.00. The molecule has 0 aliphatic carbocycles. The minimum absolute atomic E-state index is 0.0258. The fraction of sp³-hybridized carbons (Fsp3) is 0.316. The van der Waals surface area contributed by atoms with Crippen LogP contribution in [-0.4, -0.2) is 31.1 Å². The van der Waals surface area contributed by atoms with Crippen LogP contribution < -0.4 is 5.32 Å². The van der Waals surface area contributed by atoms with Gasteiger partial charge < -0.3 is 15.0 Å². The van der Waals surface area contributed by atoms with E-state index in [1.807, 2.05) is 60.4 Å². The molecule has 0 radical (unpaired) electrons. The fourth-order valence-corrected chi connectivity index (χ4v) is 3.28. The molecule has 1 amide bonds. The van der Waals surface area contributed by atoms with E-state index in [2.05, 4.69) is 5.32 Å². The summed E-state index contributed by atoms with van der Waals surface area (Å²) in [6.07, 6.45) is 0.773. The van der Waals surface area contributed by atoms with Gasteiger partial charge in [0, 0.05) is 31.0 Å². The molecule has 2 aromatic carbocycles. The molecule has 0 spiro atoms. The second-order valence-corrected chi connectivity index (χ2v) is 6.49. The lowest BCUT2D eigenvalue weighted by atomic mass is 9.93. The number of methoxy groups -OCH3 is 1. The van der Waals surface area contributed by atoms with Crippen LogP contribution >= 0.6 is 11.6 Å². The number of nitrogens with one attached hydrogen (secondary N) is 1. The number of carbonyl (C=O) groups is 1. The highest BCUT2D eigenvalue weighted by Gasteiger charge is 2.41. The number of carbonyl (C=O) groups excluding carboxylic acids is 1. The Morgan fingerprint density at radius 1 is 1.17 bits per heavy atom. The highest BCUT2D eigenvalue weighted by atomic mass is 35.5. The lowest BCUT2D eigenvalue weighted by molar-refractivity contribution is 0.0504. The second kappa shape index (κ2) is 6.83. The lowest BCUT2D eigenvalue weighted by Crippen LogP contribution is -2.56. The third-order valence-corrected chi connectivity index (χ3v) is 4.71. The summed E-state index contributed by atoms with van der Waals surface area (Å²) in [5.74, 6) is 0.0258. The molecule has 0 saturated heterocycles. The summed E-state index contributed by atoms with van der Waals surface area (Å²) in [6.45, 7) is 3.24. The Morgan fingerprint density at radius 3 is 2.58 bits per heavy atom. The van der Waals surface area contributed by atoms with E-state index in [9.17, 15) is 4.79 Å². The van der Waals surface area contributed by atoms with E-state index in [4.69, 9.17) is 16.3 Å². The second-order valence-electron chi connectivity index (χ2n) is 6.05. The van der Waals surface area contributed by atoms with Gasteiger partial charge in [0.25, 0.3) is 5.91 Å². The largest absolute Gasteiger partial charge is 0.385 e. The average molecular weight is 345 g/mol. The summed E-state index contributed by atoms with van der Waals surface area (Å²) < 4.78 is 5.15. The molecule has 0 fully saturated rings. The van der Waals surface area contributed by atoms with Crippen LogP contribution in [0.25, 0.3) is 0 Å². The maximum Gasteiger partial charge on any atom is 0.258 e. The maximum atomic E-state index is 13.1. The first-order chi connectivity index (χ1) is 11.6. The zero-order valence-electron chi connectivity index (χ0n) is 13.9. The van der Waals surface area contributed by atoms with Crippen molar-refractivity contribution in [3.63, 3.8) is 0 Å². The summed E-state index contributed by atoms with van der Waals surface area (Å²) in [5.41, 5.74) is 1.90. The Kier molecular flexibility index (Phi) is 4.78. The number of halogens is 1. The molecule has 24 heavy (non-hydrogen) atoms. The molecule has 0 aromatic heterocycles. The third kappa shape index (κ3) is 2.99. The van der Waals surface area contributed by atoms with Gasteiger partial charge in [-0.25, -0.2) is 0 Å². The minimum Gasteiger partial charge on any atom is -0.385 e. The van der Waals surface area contributed by atoms with Gasteiger partial charge >= 0.3 is 0 Å². The van der Waals surface area contributed by atoms with E-state index in [1.165, 1.54) is 0 Å². The smallest absolute Gasteiger partial charge is 0.258 e. The van der Waals surface area contributed by atoms with Crippen molar-refractivity contribution in [3.8, 4) is 0 Å². The Balaban J connectivity index is 2.03. The van der Waals surface area contributed by atoms with Crippen LogP contribution in [0.4, 0.5) is 5.69 Å². The van der Waals surface area contributed by atoms with Crippen LogP contribution in [0.2, 0.25) is 5.02 Å². The van der Waals surface area contributed by atoms with E-state index in [1.54, 1.807) is 7.11 Å². The van der Waals surface area contributed by atoms with Gasteiger partial charge in [-0.15, -0.1) is 0 Å². The van der Waals surface area contributed by atoms with Gasteiger partial charge in [-0.1, -0.05) is 35.9 Å². The molecule has 1 atom stereocenters. The van der Waals surface area contributed by atoms with Crippen LogP contribution in [0.5, 0.6) is 0 Å². The van der Waals surface area contributed by atoms with Crippen LogP contribution in [0.1, 0.15) is 29.3 Å². The first kappa shape index (κ1) is 16.8. The van der Waals surface area contributed by atoms with Gasteiger partial charge in [0.2, 0.25) is 0 Å². The molecule has 1 N–H and O–H groups in total. The molecule has 5 heteroatoms. The van der Waals surface area contributed by atoms with E-state index in [-0.39, 0.29) is 5.91 Å². The molecule has 1 heterocycles. The summed E-state index contributed by atoms with van der Waals surface area (Å²) in [5, 5.41) is 4.21. The lowest BCUT2D eigenvalue weighted by Gasteiger charge is -2.46. The van der Waals surface area contributed by atoms with Crippen molar-refractivity contribution >= 4 is 23.2 Å². The maximum absolute atomic E-state index is 13.1. The summed E-state index contributed by atoms with van der Waals surface area (Å²) in [4.78, 5) is 15.0. The number of ether oxygens (including phenoxy) is 1. The van der Waals surface area contributed by atoms with Gasteiger partial charge in [0.15, 0.2) is 0 Å². The quantitative estimate of drug-likeness (QED) is 0.830. The standard InChI is InChI=1S/C19H21ClN2O2/c1-19(14-8-10-15(20)11-9-14)21-17-7-4-3-6-16(17)18(23)22(19)12-5-13-24-2/h3-4,6-11,21H,5,12-13H2,1-2H3. The Bertz CT molecular complexity index is 732. The molecule has 0 bridgehead atoms. The van der Waals surface area contributed by atoms with Gasteiger partial charge in [0.05, 0.1) is 5.56 Å². The van der Waals surface area contributed by atoms with Crippen LogP contribution in [0, 0.1) is 0 Å². The molecule has 3 rings (SSSR count). The molecular formula is C19H21ClN2O2. The van der Waals surface area contributed by atoms with Crippen molar-refractivity contribution in [1.29, 1.82) is 0 Å². The number of amides is 1. The van der Waals surface area contributed by atoms with Crippen molar-refractivity contribution in [1.82, 2.24) is 4.90 Å². The molecule has 1 aliphatic heterocycles. The van der Waals surface area contributed by atoms with Gasteiger partial charge in [-0.3, -0.25) is 4.79 Å². The van der Waals surface area contributed by atoms with E-state index in [0.717, 1.165) is 17.7 Å². The van der Waals surface area contributed by atoms with Crippen LogP contribution in [0.15, 0.2) is 48.5 Å². The topological polar surface area (TPSA) is 41.6 Å². The third-order valence-electron chi connectivity index (χ3n) is 4.46. The Hall–Kier alpha value is -2.04. The van der Waals surface area contributed by atoms with Gasteiger partial charge in [-0.05, 0) is 43.2 Å². The molecule has 1 unspecified atom stereocenters. The van der Waals surface area contributed by atoms with Crippen molar-refractivity contribution in [2.24, 2.45) is 0 Å². The highest BCUT2D eigenvalue weighted by molar-refractivity contribution is 6.30. The number of nitrogens with zero attached hydrogens (tertiary/aromatic N) is 1. The fourth-order valence-electron chi connectivity index (χ4n) is 3.15. The Morgan fingerprint density at radius 2 is 1.88 bits per heavy atom. The molecule has 2 aromatic rings. The van der Waals surface area contributed by atoms with Crippen molar-refractivity contribution in [3.05, 3.63) is 64.7 Å². The zero-order chi connectivity index (χ0) is 17.2. The SMILES string of the molecule is COCCCN1C(=O)c2ccccc2NC1(C)c1ccc(Cl)cc1. The number of rotatable bonds is 5. The van der Waals surface area contributed by atoms with Crippen molar-refractivity contribution < 1.29 is 9.53 Å². The summed E-state index contributed by atoms with van der Waals surface area (Å²) in [7, 11) is 1.67. The van der Waals surface area contributed by atoms with Crippen molar-refractivity contribution in [2.45, 2.75) is 19.0 Å². The van der Waals surface area contributed by atoms with E-state index in [0.29, 0.717) is 23.7 Å². The number of hydrogen-bond donors (Lipinski definition) is 1. The highest BCUT2D eigenvalue weighted by Crippen LogP contribution is 2.38. The summed E-state index contributed by atoms with van der Waals surface area (Å²) in [6, 6.07) is 15.2. The molecule has 126 valence electrons. The summed E-state index contributed by atoms with van der Waals surface area (Å²) >= 11 is 6.03. The number of fused-ring (bicyclic) bond motifs is 1. The van der Waals surface area contributed by atoms with Gasteiger partial charge in [0.1, 0.15) is 5.66 Å². The van der Waals surface area contributed by atoms with Crippen LogP contribution in [0.3, 0.4) is 0 Å². The predicted molar refractivity (Wildman–Crippen MR) is 96.4 cm³/mol. The van der Waals surface area contributed by atoms with E-state index < -0.39 is 5.66 Å². The number of benzene rings is 2. The average Bonchev–Trinajstić information content (AvgIpc) is 2.58. The molecular weight excluding hydrogens is 324 g/mol. The molecule has 1 aliphatic rings. The first-order valence-corrected chi connectivity index (χ1v) is 8.38. The monoisotopic (exact) mass is 344 g/mol. The van der Waals surface area contributed by atoms with Crippen molar-refractivity contribution in [2.75, 3.05) is 25.6 Å². The minimum atomic E-state index is -0.635. The number of anilines is 1. The van der Waals surface area contributed by atoms with Crippen LogP contribution in [-0.2, 0) is 10.4 Å². The normalized spacial score (nSPS) is 19.8. The Labute approximate surface area is 147 Å². The molecule has 0 saturated carbocycles. The van der Waals surface area contributed by atoms with Gasteiger partial charge in [-0.2, -0.15) is 0 Å².